The summed E-state index contributed by atoms with van der Waals surface area (Å²) in [6, 6.07) is 0.279. The maximum atomic E-state index is 11.2. The summed E-state index contributed by atoms with van der Waals surface area (Å²) in [5.41, 5.74) is 5.35. The van der Waals surface area contributed by atoms with Gasteiger partial charge in [-0.15, -0.1) is 0 Å². The number of primary amides is 1. The predicted octanol–water partition coefficient (Wildman–Crippen LogP) is 0.485. The summed E-state index contributed by atoms with van der Waals surface area (Å²) in [6.07, 6.45) is 7.26. The highest BCUT2D eigenvalue weighted by Crippen LogP contribution is 2.23. The fourth-order valence-electron chi connectivity index (χ4n) is 2.29. The first kappa shape index (κ1) is 12.8. The fraction of sp³-hybridized carbons (Fsp3) is 0.583. The van der Waals surface area contributed by atoms with Crippen LogP contribution in [-0.2, 0) is 0 Å². The van der Waals surface area contributed by atoms with E-state index < -0.39 is 5.91 Å². The van der Waals surface area contributed by atoms with Gasteiger partial charge in [-0.25, -0.2) is 9.97 Å². The Morgan fingerprint density at radius 2 is 2.11 bits per heavy atom. The Morgan fingerprint density at radius 1 is 1.39 bits per heavy atom. The van der Waals surface area contributed by atoms with Crippen LogP contribution in [0.15, 0.2) is 12.4 Å². The maximum Gasteiger partial charge on any atom is 0.272 e. The van der Waals surface area contributed by atoms with Crippen molar-refractivity contribution in [1.82, 2.24) is 15.3 Å². The van der Waals surface area contributed by atoms with Crippen LogP contribution in [0, 0.1) is 0 Å². The normalized spacial score (nSPS) is 23.6. The number of likely N-dealkylation sites (N-methyl/N-ethyl adjacent to an activating group) is 1. The SMILES string of the molecule is CNC1CCCCC1Oc1nccnc1C(N)=O. The van der Waals surface area contributed by atoms with Gasteiger partial charge in [-0.1, -0.05) is 6.42 Å². The monoisotopic (exact) mass is 250 g/mol. The standard InChI is InChI=1S/C12H18N4O2/c1-14-8-4-2-3-5-9(8)18-12-10(11(13)17)15-6-7-16-12/h6-9,14H,2-5H2,1H3,(H2,13,17). The number of rotatable bonds is 4. The molecule has 1 aliphatic carbocycles. The first-order valence-electron chi connectivity index (χ1n) is 6.17. The van der Waals surface area contributed by atoms with Crippen molar-refractivity contribution in [2.75, 3.05) is 7.05 Å². The van der Waals surface area contributed by atoms with Gasteiger partial charge in [0, 0.05) is 18.4 Å². The first-order chi connectivity index (χ1) is 8.72. The number of carbonyl (C=O) groups excluding carboxylic acids is 1. The third-order valence-corrected chi connectivity index (χ3v) is 3.23. The second-order valence-corrected chi connectivity index (χ2v) is 4.41. The van der Waals surface area contributed by atoms with Crippen molar-refractivity contribution in [1.29, 1.82) is 0 Å². The summed E-state index contributed by atoms with van der Waals surface area (Å²) in [4.78, 5) is 19.2. The molecular formula is C12H18N4O2. The molecule has 0 spiro atoms. The van der Waals surface area contributed by atoms with Crippen LogP contribution in [-0.4, -0.2) is 35.1 Å². The molecule has 1 saturated carbocycles. The lowest BCUT2D eigenvalue weighted by Gasteiger charge is -2.31. The molecular weight excluding hydrogens is 232 g/mol. The molecule has 2 rings (SSSR count). The van der Waals surface area contributed by atoms with E-state index in [1.54, 1.807) is 0 Å². The summed E-state index contributed by atoms with van der Waals surface area (Å²) >= 11 is 0. The Bertz CT molecular complexity index is 424. The molecule has 1 amide bonds. The number of hydrogen-bond acceptors (Lipinski definition) is 5. The van der Waals surface area contributed by atoms with Gasteiger partial charge in [0.25, 0.3) is 5.91 Å². The number of hydrogen-bond donors (Lipinski definition) is 2. The predicted molar refractivity (Wildman–Crippen MR) is 66.3 cm³/mol. The Labute approximate surface area is 106 Å². The quantitative estimate of drug-likeness (QED) is 0.811. The van der Waals surface area contributed by atoms with Crippen molar-refractivity contribution in [3.8, 4) is 5.88 Å². The summed E-state index contributed by atoms with van der Waals surface area (Å²) in [7, 11) is 1.91. The zero-order valence-electron chi connectivity index (χ0n) is 10.4. The zero-order valence-corrected chi connectivity index (χ0v) is 10.4. The van der Waals surface area contributed by atoms with Crippen molar-refractivity contribution < 1.29 is 9.53 Å². The first-order valence-corrected chi connectivity index (χ1v) is 6.17. The van der Waals surface area contributed by atoms with E-state index in [1.807, 2.05) is 7.05 Å². The minimum atomic E-state index is -0.616. The van der Waals surface area contributed by atoms with Gasteiger partial charge in [-0.2, -0.15) is 0 Å². The molecule has 6 nitrogen and oxygen atoms in total. The van der Waals surface area contributed by atoms with Crippen LogP contribution in [0.3, 0.4) is 0 Å². The minimum Gasteiger partial charge on any atom is -0.471 e. The van der Waals surface area contributed by atoms with E-state index in [0.717, 1.165) is 19.3 Å². The molecule has 1 heterocycles. The molecule has 98 valence electrons. The number of nitrogens with two attached hydrogens (primary N) is 1. The molecule has 1 fully saturated rings. The molecule has 6 heteroatoms. The van der Waals surface area contributed by atoms with Crippen molar-refractivity contribution in [3.63, 3.8) is 0 Å². The number of nitrogens with zero attached hydrogens (tertiary/aromatic N) is 2. The van der Waals surface area contributed by atoms with E-state index in [9.17, 15) is 4.79 Å². The van der Waals surface area contributed by atoms with Crippen molar-refractivity contribution >= 4 is 5.91 Å². The molecule has 0 bridgehead atoms. The van der Waals surface area contributed by atoms with Crippen LogP contribution >= 0.6 is 0 Å². The van der Waals surface area contributed by atoms with Gasteiger partial charge in [-0.05, 0) is 26.3 Å². The van der Waals surface area contributed by atoms with Crippen molar-refractivity contribution in [2.24, 2.45) is 5.73 Å². The van der Waals surface area contributed by atoms with E-state index in [0.29, 0.717) is 0 Å². The van der Waals surface area contributed by atoms with Crippen molar-refractivity contribution in [2.45, 2.75) is 37.8 Å². The van der Waals surface area contributed by atoms with Gasteiger partial charge < -0.3 is 15.8 Å². The lowest BCUT2D eigenvalue weighted by molar-refractivity contribution is 0.0951. The number of ether oxygens (including phenoxy) is 1. The molecule has 3 N–H and O–H groups in total. The molecule has 0 saturated heterocycles. The number of amides is 1. The van der Waals surface area contributed by atoms with Crippen LogP contribution < -0.4 is 15.8 Å². The minimum absolute atomic E-state index is 0.0125. The molecule has 0 aliphatic heterocycles. The van der Waals surface area contributed by atoms with Crippen LogP contribution in [0.1, 0.15) is 36.2 Å². The Balaban J connectivity index is 2.15. The molecule has 0 aromatic carbocycles. The Hall–Kier alpha value is -1.69. The Kier molecular flexibility index (Phi) is 4.09. The third kappa shape index (κ3) is 2.76. The fourth-order valence-corrected chi connectivity index (χ4v) is 2.29. The van der Waals surface area contributed by atoms with Crippen molar-refractivity contribution in [3.05, 3.63) is 18.1 Å². The van der Waals surface area contributed by atoms with E-state index >= 15 is 0 Å². The average Bonchev–Trinajstić information content (AvgIpc) is 2.40. The smallest absolute Gasteiger partial charge is 0.272 e. The van der Waals surface area contributed by atoms with Gasteiger partial charge in [-0.3, -0.25) is 4.79 Å². The number of nitrogens with one attached hydrogen (secondary N) is 1. The van der Waals surface area contributed by atoms with Gasteiger partial charge in [0.2, 0.25) is 5.88 Å². The summed E-state index contributed by atoms with van der Waals surface area (Å²) in [5, 5.41) is 3.23. The lowest BCUT2D eigenvalue weighted by Crippen LogP contribution is -2.43. The van der Waals surface area contributed by atoms with Crippen LogP contribution in [0.4, 0.5) is 0 Å². The highest BCUT2D eigenvalue weighted by molar-refractivity contribution is 5.92. The van der Waals surface area contributed by atoms with Crippen LogP contribution in [0.2, 0.25) is 0 Å². The number of carbonyl (C=O) groups is 1. The van der Waals surface area contributed by atoms with Gasteiger partial charge in [0.1, 0.15) is 6.10 Å². The molecule has 18 heavy (non-hydrogen) atoms. The molecule has 2 unspecified atom stereocenters. The zero-order chi connectivity index (χ0) is 13.0. The molecule has 1 aliphatic rings. The summed E-state index contributed by atoms with van der Waals surface area (Å²) in [5.74, 6) is -0.382. The molecule has 2 atom stereocenters. The van der Waals surface area contributed by atoms with Gasteiger partial charge >= 0.3 is 0 Å². The molecule has 1 aromatic heterocycles. The van der Waals surface area contributed by atoms with Gasteiger partial charge in [0.05, 0.1) is 0 Å². The molecule has 1 aromatic rings. The second-order valence-electron chi connectivity index (χ2n) is 4.41. The Morgan fingerprint density at radius 3 is 2.83 bits per heavy atom. The highest BCUT2D eigenvalue weighted by atomic mass is 16.5. The maximum absolute atomic E-state index is 11.2. The third-order valence-electron chi connectivity index (χ3n) is 3.23. The molecule has 0 radical (unpaired) electrons. The van der Waals surface area contributed by atoms with Crippen LogP contribution in [0.25, 0.3) is 0 Å². The van der Waals surface area contributed by atoms with E-state index in [2.05, 4.69) is 15.3 Å². The average molecular weight is 250 g/mol. The van der Waals surface area contributed by atoms with E-state index in [1.165, 1.54) is 18.8 Å². The van der Waals surface area contributed by atoms with Crippen LogP contribution in [0.5, 0.6) is 5.88 Å². The van der Waals surface area contributed by atoms with E-state index in [-0.39, 0.29) is 23.7 Å². The summed E-state index contributed by atoms with van der Waals surface area (Å²) in [6.45, 7) is 0. The van der Waals surface area contributed by atoms with Gasteiger partial charge in [0.15, 0.2) is 5.69 Å². The number of aromatic nitrogens is 2. The van der Waals surface area contributed by atoms with E-state index in [4.69, 9.17) is 10.5 Å². The largest absolute Gasteiger partial charge is 0.471 e. The topological polar surface area (TPSA) is 90.1 Å². The highest BCUT2D eigenvalue weighted by Gasteiger charge is 2.27. The summed E-state index contributed by atoms with van der Waals surface area (Å²) < 4.78 is 5.81. The second kappa shape index (κ2) is 5.77. The lowest BCUT2D eigenvalue weighted by atomic mass is 9.92.